The molecule has 3 heteroatoms. The van der Waals surface area contributed by atoms with Crippen molar-refractivity contribution in [1.29, 1.82) is 0 Å². The summed E-state index contributed by atoms with van der Waals surface area (Å²) in [5.74, 6) is -0.713. The molecule has 0 saturated carbocycles. The molecule has 0 saturated heterocycles. The maximum Gasteiger partial charge on any atom is 0.337 e. The number of nitrogen functional groups attached to an aromatic ring is 1. The maximum absolute atomic E-state index is 11.1. The van der Waals surface area contributed by atoms with Crippen LogP contribution in [0.5, 0.6) is 0 Å². The number of para-hydroxylation sites is 1. The normalized spacial score (nSPS) is 26.2. The van der Waals surface area contributed by atoms with Gasteiger partial charge in [-0.05, 0) is 17.5 Å². The molecule has 2 atom stereocenters. The molecule has 1 aliphatic carbocycles. The maximum atomic E-state index is 11.1. The average Bonchev–Trinajstić information content (AvgIpc) is 2.33. The standard InChI is InChI=1S/C15H17NO2/c1-10-6-3-4-9-15(10,2)12-8-5-7-11(13(12)16)14(17)18/h3-10H,16H2,1-2H3,(H,17,18). The zero-order valence-electron chi connectivity index (χ0n) is 10.6. The van der Waals surface area contributed by atoms with Gasteiger partial charge >= 0.3 is 5.97 Å². The van der Waals surface area contributed by atoms with E-state index in [-0.39, 0.29) is 16.9 Å². The topological polar surface area (TPSA) is 63.3 Å². The molecular weight excluding hydrogens is 226 g/mol. The van der Waals surface area contributed by atoms with Crippen molar-refractivity contribution < 1.29 is 9.90 Å². The van der Waals surface area contributed by atoms with Crippen LogP contribution in [0, 0.1) is 5.92 Å². The molecular formula is C15H17NO2. The van der Waals surface area contributed by atoms with Crippen molar-refractivity contribution in [3.8, 4) is 0 Å². The molecule has 2 unspecified atom stereocenters. The van der Waals surface area contributed by atoms with Gasteiger partial charge in [0.2, 0.25) is 0 Å². The summed E-state index contributed by atoms with van der Waals surface area (Å²) in [4.78, 5) is 11.1. The van der Waals surface area contributed by atoms with Crippen LogP contribution in [-0.4, -0.2) is 11.1 Å². The summed E-state index contributed by atoms with van der Waals surface area (Å²) in [7, 11) is 0. The van der Waals surface area contributed by atoms with Crippen molar-refractivity contribution in [1.82, 2.24) is 0 Å². The molecule has 18 heavy (non-hydrogen) atoms. The van der Waals surface area contributed by atoms with E-state index in [1.54, 1.807) is 6.07 Å². The van der Waals surface area contributed by atoms with Crippen LogP contribution in [0.1, 0.15) is 29.8 Å². The van der Waals surface area contributed by atoms with Gasteiger partial charge in [-0.25, -0.2) is 4.79 Å². The molecule has 0 spiro atoms. The molecule has 0 aromatic heterocycles. The molecule has 3 N–H and O–H groups in total. The van der Waals surface area contributed by atoms with Gasteiger partial charge in [0.25, 0.3) is 0 Å². The van der Waals surface area contributed by atoms with Crippen LogP contribution in [0.25, 0.3) is 0 Å². The van der Waals surface area contributed by atoms with Crippen LogP contribution < -0.4 is 5.73 Å². The Bertz CT molecular complexity index is 545. The van der Waals surface area contributed by atoms with E-state index in [0.29, 0.717) is 5.69 Å². The van der Waals surface area contributed by atoms with Gasteiger partial charge in [0, 0.05) is 5.41 Å². The Hall–Kier alpha value is -2.03. The van der Waals surface area contributed by atoms with E-state index in [0.717, 1.165) is 5.56 Å². The minimum Gasteiger partial charge on any atom is -0.478 e. The van der Waals surface area contributed by atoms with Crippen molar-refractivity contribution in [3.05, 3.63) is 53.6 Å². The number of aromatic carboxylic acids is 1. The molecule has 1 aliphatic rings. The fourth-order valence-corrected chi connectivity index (χ4v) is 2.39. The summed E-state index contributed by atoms with van der Waals surface area (Å²) in [6, 6.07) is 5.19. The highest BCUT2D eigenvalue weighted by molar-refractivity contribution is 5.94. The number of carboxylic acids is 1. The molecule has 3 nitrogen and oxygen atoms in total. The number of hydrogen-bond acceptors (Lipinski definition) is 2. The highest BCUT2D eigenvalue weighted by atomic mass is 16.4. The quantitative estimate of drug-likeness (QED) is 0.785. The fraction of sp³-hybridized carbons (Fsp3) is 0.267. The molecule has 1 aromatic carbocycles. The zero-order valence-corrected chi connectivity index (χ0v) is 10.6. The van der Waals surface area contributed by atoms with E-state index in [9.17, 15) is 4.79 Å². The SMILES string of the molecule is CC1C=CC=CC1(C)c1cccc(C(=O)O)c1N. The number of anilines is 1. The van der Waals surface area contributed by atoms with E-state index < -0.39 is 5.97 Å². The summed E-state index contributed by atoms with van der Waals surface area (Å²) in [5.41, 5.74) is 7.17. The lowest BCUT2D eigenvalue weighted by Gasteiger charge is -2.34. The number of carbonyl (C=O) groups is 1. The number of carboxylic acid groups (broad SMARTS) is 1. The van der Waals surface area contributed by atoms with E-state index in [4.69, 9.17) is 10.8 Å². The molecule has 0 fully saturated rings. The lowest BCUT2D eigenvalue weighted by molar-refractivity contribution is 0.0698. The first-order valence-corrected chi connectivity index (χ1v) is 5.95. The average molecular weight is 243 g/mol. The second-order valence-electron chi connectivity index (χ2n) is 4.89. The summed E-state index contributed by atoms with van der Waals surface area (Å²) in [5, 5.41) is 9.13. The first-order chi connectivity index (χ1) is 8.47. The van der Waals surface area contributed by atoms with Gasteiger partial charge in [-0.2, -0.15) is 0 Å². The molecule has 0 aliphatic heterocycles. The number of rotatable bonds is 2. The lowest BCUT2D eigenvalue weighted by atomic mass is 9.69. The Morgan fingerprint density at radius 3 is 2.72 bits per heavy atom. The summed E-state index contributed by atoms with van der Waals surface area (Å²) < 4.78 is 0. The van der Waals surface area contributed by atoms with Gasteiger partial charge in [-0.15, -0.1) is 0 Å². The van der Waals surface area contributed by atoms with Crippen LogP contribution in [0.3, 0.4) is 0 Å². The summed E-state index contributed by atoms with van der Waals surface area (Å²) in [6.45, 7) is 4.18. The minimum atomic E-state index is -0.985. The van der Waals surface area contributed by atoms with Crippen molar-refractivity contribution >= 4 is 11.7 Å². The second-order valence-corrected chi connectivity index (χ2v) is 4.89. The largest absolute Gasteiger partial charge is 0.478 e. The van der Waals surface area contributed by atoms with Crippen LogP contribution in [0.4, 0.5) is 5.69 Å². The predicted octanol–water partition coefficient (Wildman–Crippen LogP) is 2.99. The molecule has 0 radical (unpaired) electrons. The van der Waals surface area contributed by atoms with Gasteiger partial charge in [0.05, 0.1) is 11.3 Å². The van der Waals surface area contributed by atoms with E-state index in [1.807, 2.05) is 18.2 Å². The molecule has 0 heterocycles. The Kier molecular flexibility index (Phi) is 2.99. The Morgan fingerprint density at radius 1 is 1.39 bits per heavy atom. The molecule has 94 valence electrons. The van der Waals surface area contributed by atoms with Crippen LogP contribution >= 0.6 is 0 Å². The molecule has 0 amide bonds. The lowest BCUT2D eigenvalue weighted by Crippen LogP contribution is -2.29. The van der Waals surface area contributed by atoms with E-state index in [1.165, 1.54) is 6.07 Å². The fourth-order valence-electron chi connectivity index (χ4n) is 2.39. The highest BCUT2D eigenvalue weighted by Gasteiger charge is 2.33. The van der Waals surface area contributed by atoms with Gasteiger partial charge < -0.3 is 10.8 Å². The van der Waals surface area contributed by atoms with Crippen molar-refractivity contribution in [2.75, 3.05) is 5.73 Å². The van der Waals surface area contributed by atoms with Crippen LogP contribution in [0.2, 0.25) is 0 Å². The number of nitrogens with two attached hydrogens (primary N) is 1. The number of allylic oxidation sites excluding steroid dienone is 4. The third kappa shape index (κ3) is 1.82. The van der Waals surface area contributed by atoms with E-state index in [2.05, 4.69) is 26.0 Å². The molecule has 0 bridgehead atoms. The van der Waals surface area contributed by atoms with Crippen molar-refractivity contribution in [2.24, 2.45) is 5.92 Å². The van der Waals surface area contributed by atoms with Gasteiger partial charge in [0.15, 0.2) is 0 Å². The van der Waals surface area contributed by atoms with Gasteiger partial charge in [-0.1, -0.05) is 50.3 Å². The highest BCUT2D eigenvalue weighted by Crippen LogP contribution is 2.40. The number of benzene rings is 1. The van der Waals surface area contributed by atoms with Crippen molar-refractivity contribution in [3.63, 3.8) is 0 Å². The number of hydrogen-bond donors (Lipinski definition) is 2. The smallest absolute Gasteiger partial charge is 0.337 e. The van der Waals surface area contributed by atoms with Crippen molar-refractivity contribution in [2.45, 2.75) is 19.3 Å². The predicted molar refractivity (Wildman–Crippen MR) is 72.6 cm³/mol. The Labute approximate surface area is 107 Å². The summed E-state index contributed by atoms with van der Waals surface area (Å²) in [6.07, 6.45) is 8.17. The third-order valence-corrected chi connectivity index (χ3v) is 3.82. The Morgan fingerprint density at radius 2 is 2.11 bits per heavy atom. The first kappa shape index (κ1) is 12.4. The van der Waals surface area contributed by atoms with E-state index >= 15 is 0 Å². The zero-order chi connectivity index (χ0) is 13.3. The summed E-state index contributed by atoms with van der Waals surface area (Å²) >= 11 is 0. The first-order valence-electron chi connectivity index (χ1n) is 5.95. The second kappa shape index (κ2) is 4.33. The van der Waals surface area contributed by atoms with Gasteiger partial charge in [-0.3, -0.25) is 0 Å². The monoisotopic (exact) mass is 243 g/mol. The molecule has 2 rings (SSSR count). The molecule has 1 aromatic rings. The van der Waals surface area contributed by atoms with Crippen LogP contribution in [-0.2, 0) is 5.41 Å². The minimum absolute atomic E-state index is 0.170. The Balaban J connectivity index is 2.58. The van der Waals surface area contributed by atoms with Crippen LogP contribution in [0.15, 0.2) is 42.5 Å². The van der Waals surface area contributed by atoms with Gasteiger partial charge in [0.1, 0.15) is 0 Å². The third-order valence-electron chi connectivity index (χ3n) is 3.82.